The zero-order valence-electron chi connectivity index (χ0n) is 13.5. The summed E-state index contributed by atoms with van der Waals surface area (Å²) in [5.74, 6) is 0.625. The third kappa shape index (κ3) is 3.86. The van der Waals surface area contributed by atoms with Crippen molar-refractivity contribution in [3.8, 4) is 0 Å². The maximum atomic E-state index is 12.3. The molecule has 2 aromatic rings. The maximum Gasteiger partial charge on any atom is 0.274 e. The largest absolute Gasteiger partial charge is 0.339 e. The highest BCUT2D eigenvalue weighted by Gasteiger charge is 2.19. The molecule has 0 aliphatic carbocycles. The fourth-order valence-corrected chi connectivity index (χ4v) is 2.74. The second-order valence-corrected chi connectivity index (χ2v) is 5.83. The van der Waals surface area contributed by atoms with Gasteiger partial charge in [-0.2, -0.15) is 0 Å². The van der Waals surface area contributed by atoms with Crippen LogP contribution in [0.15, 0.2) is 36.4 Å². The van der Waals surface area contributed by atoms with Crippen LogP contribution in [-0.2, 0) is 6.42 Å². The number of nitrogens with zero attached hydrogens (tertiary/aromatic N) is 3. The molecule has 2 heterocycles. The molecule has 0 spiro atoms. The summed E-state index contributed by atoms with van der Waals surface area (Å²) in [5, 5.41) is 11.4. The lowest BCUT2D eigenvalue weighted by Crippen LogP contribution is -2.36. The third-order valence-corrected chi connectivity index (χ3v) is 4.16. The lowest BCUT2D eigenvalue weighted by atomic mass is 10.1. The van der Waals surface area contributed by atoms with Gasteiger partial charge in [-0.1, -0.05) is 19.1 Å². The van der Waals surface area contributed by atoms with Crippen molar-refractivity contribution < 1.29 is 4.79 Å². The van der Waals surface area contributed by atoms with E-state index in [0.717, 1.165) is 38.0 Å². The molecule has 5 nitrogen and oxygen atoms in total. The summed E-state index contributed by atoms with van der Waals surface area (Å²) in [5.41, 5.74) is 2.68. The second-order valence-electron chi connectivity index (χ2n) is 5.83. The smallest absolute Gasteiger partial charge is 0.274 e. The monoisotopic (exact) mass is 310 g/mol. The molecule has 1 aromatic heterocycles. The van der Waals surface area contributed by atoms with Crippen molar-refractivity contribution in [1.82, 2.24) is 15.1 Å². The van der Waals surface area contributed by atoms with E-state index in [0.29, 0.717) is 11.5 Å². The number of piperidine rings is 1. The van der Waals surface area contributed by atoms with Gasteiger partial charge in [-0.05, 0) is 55.5 Å². The Labute approximate surface area is 136 Å². The number of benzene rings is 1. The summed E-state index contributed by atoms with van der Waals surface area (Å²) in [4.78, 5) is 14.2. The molecule has 0 saturated carbocycles. The molecule has 1 aromatic carbocycles. The number of aryl methyl sites for hydroxylation is 1. The summed E-state index contributed by atoms with van der Waals surface area (Å²) in [6.07, 6.45) is 4.38. The molecule has 23 heavy (non-hydrogen) atoms. The van der Waals surface area contributed by atoms with E-state index < -0.39 is 0 Å². The van der Waals surface area contributed by atoms with E-state index >= 15 is 0 Å². The highest BCUT2D eigenvalue weighted by molar-refractivity contribution is 5.92. The van der Waals surface area contributed by atoms with Gasteiger partial charge in [-0.15, -0.1) is 10.2 Å². The van der Waals surface area contributed by atoms with Crippen LogP contribution in [0.5, 0.6) is 0 Å². The summed E-state index contributed by atoms with van der Waals surface area (Å²) in [7, 11) is 0. The normalized spacial score (nSPS) is 14.6. The lowest BCUT2D eigenvalue weighted by Gasteiger charge is -2.26. The van der Waals surface area contributed by atoms with Gasteiger partial charge in [0.15, 0.2) is 11.5 Å². The maximum absolute atomic E-state index is 12.3. The van der Waals surface area contributed by atoms with E-state index in [1.807, 2.05) is 17.0 Å². The van der Waals surface area contributed by atoms with Gasteiger partial charge in [0.25, 0.3) is 5.91 Å². The van der Waals surface area contributed by atoms with E-state index in [1.54, 1.807) is 12.1 Å². The van der Waals surface area contributed by atoms with Crippen LogP contribution in [0, 0.1) is 0 Å². The van der Waals surface area contributed by atoms with Crippen molar-refractivity contribution in [2.24, 2.45) is 0 Å². The van der Waals surface area contributed by atoms with E-state index in [9.17, 15) is 4.79 Å². The number of anilines is 2. The molecule has 1 N–H and O–H groups in total. The van der Waals surface area contributed by atoms with E-state index in [2.05, 4.69) is 34.6 Å². The number of amides is 1. The van der Waals surface area contributed by atoms with Crippen molar-refractivity contribution in [3.05, 3.63) is 47.7 Å². The predicted molar refractivity (Wildman–Crippen MR) is 90.9 cm³/mol. The SMILES string of the molecule is CCc1ccc(Nc2ccc(C(=O)N3CCCCC3)nn2)cc1. The minimum atomic E-state index is -0.0175. The highest BCUT2D eigenvalue weighted by Crippen LogP contribution is 2.16. The summed E-state index contributed by atoms with van der Waals surface area (Å²) in [6.45, 7) is 3.78. The number of hydrogen-bond donors (Lipinski definition) is 1. The van der Waals surface area contributed by atoms with Crippen molar-refractivity contribution in [2.45, 2.75) is 32.6 Å². The molecular formula is C18H22N4O. The molecule has 0 unspecified atom stereocenters. The first kappa shape index (κ1) is 15.5. The topological polar surface area (TPSA) is 58.1 Å². The van der Waals surface area contributed by atoms with E-state index in [4.69, 9.17) is 0 Å². The molecule has 1 fully saturated rings. The standard InChI is InChI=1S/C18H22N4O/c1-2-14-6-8-15(9-7-14)19-17-11-10-16(20-21-17)18(23)22-12-4-3-5-13-22/h6-11H,2-5,12-13H2,1H3,(H,19,21). The fraction of sp³-hybridized carbons (Fsp3) is 0.389. The van der Waals surface area contributed by atoms with Crippen molar-refractivity contribution in [2.75, 3.05) is 18.4 Å². The molecule has 5 heteroatoms. The average Bonchev–Trinajstić information content (AvgIpc) is 2.63. The predicted octanol–water partition coefficient (Wildman–Crippen LogP) is 3.41. The molecule has 1 saturated heterocycles. The minimum absolute atomic E-state index is 0.0175. The van der Waals surface area contributed by atoms with E-state index in [-0.39, 0.29) is 5.91 Å². The van der Waals surface area contributed by atoms with Gasteiger partial charge >= 0.3 is 0 Å². The number of rotatable bonds is 4. The average molecular weight is 310 g/mol. The number of nitrogens with one attached hydrogen (secondary N) is 1. The number of hydrogen-bond acceptors (Lipinski definition) is 4. The lowest BCUT2D eigenvalue weighted by molar-refractivity contribution is 0.0717. The van der Waals surface area contributed by atoms with Crippen molar-refractivity contribution in [1.29, 1.82) is 0 Å². The molecular weight excluding hydrogens is 288 g/mol. The van der Waals surface area contributed by atoms with Gasteiger partial charge in [0.2, 0.25) is 0 Å². The Morgan fingerprint density at radius 2 is 1.78 bits per heavy atom. The van der Waals surface area contributed by atoms with Crippen LogP contribution in [-0.4, -0.2) is 34.1 Å². The van der Waals surface area contributed by atoms with Gasteiger partial charge in [-0.3, -0.25) is 4.79 Å². The zero-order chi connectivity index (χ0) is 16.1. The van der Waals surface area contributed by atoms with Crippen LogP contribution in [0.3, 0.4) is 0 Å². The Kier molecular flexibility index (Phi) is 4.86. The zero-order valence-corrected chi connectivity index (χ0v) is 13.5. The Hall–Kier alpha value is -2.43. The third-order valence-electron chi connectivity index (χ3n) is 4.16. The molecule has 1 aliphatic heterocycles. The number of likely N-dealkylation sites (tertiary alicyclic amines) is 1. The fourth-order valence-electron chi connectivity index (χ4n) is 2.74. The van der Waals surface area contributed by atoms with Crippen LogP contribution in [0.1, 0.15) is 42.2 Å². The first-order valence-electron chi connectivity index (χ1n) is 8.25. The molecule has 3 rings (SSSR count). The van der Waals surface area contributed by atoms with Gasteiger partial charge in [0.1, 0.15) is 0 Å². The Bertz CT molecular complexity index is 646. The second kappa shape index (κ2) is 7.22. The molecule has 120 valence electrons. The van der Waals surface area contributed by atoms with Crippen LogP contribution in [0.4, 0.5) is 11.5 Å². The number of carbonyl (C=O) groups excluding carboxylic acids is 1. The van der Waals surface area contributed by atoms with Crippen molar-refractivity contribution >= 4 is 17.4 Å². The van der Waals surface area contributed by atoms with Crippen molar-refractivity contribution in [3.63, 3.8) is 0 Å². The number of aromatic nitrogens is 2. The quantitative estimate of drug-likeness (QED) is 0.940. The Morgan fingerprint density at radius 1 is 1.04 bits per heavy atom. The van der Waals surface area contributed by atoms with Crippen LogP contribution < -0.4 is 5.32 Å². The molecule has 0 radical (unpaired) electrons. The Morgan fingerprint density at radius 3 is 2.39 bits per heavy atom. The molecule has 0 bridgehead atoms. The minimum Gasteiger partial charge on any atom is -0.339 e. The molecule has 1 amide bonds. The van der Waals surface area contributed by atoms with E-state index in [1.165, 1.54) is 12.0 Å². The molecule has 0 atom stereocenters. The first-order chi connectivity index (χ1) is 11.3. The Balaban J connectivity index is 1.65. The molecule has 1 aliphatic rings. The first-order valence-corrected chi connectivity index (χ1v) is 8.25. The summed E-state index contributed by atoms with van der Waals surface area (Å²) >= 11 is 0. The van der Waals surface area contributed by atoms with Crippen LogP contribution >= 0.6 is 0 Å². The van der Waals surface area contributed by atoms with Crippen LogP contribution in [0.2, 0.25) is 0 Å². The van der Waals surface area contributed by atoms with Gasteiger partial charge in [0.05, 0.1) is 0 Å². The van der Waals surface area contributed by atoms with Crippen LogP contribution in [0.25, 0.3) is 0 Å². The highest BCUT2D eigenvalue weighted by atomic mass is 16.2. The van der Waals surface area contributed by atoms with Gasteiger partial charge in [0, 0.05) is 18.8 Å². The van der Waals surface area contributed by atoms with Gasteiger partial charge < -0.3 is 10.2 Å². The summed E-state index contributed by atoms with van der Waals surface area (Å²) in [6, 6.07) is 11.8. The number of carbonyl (C=O) groups is 1. The van der Waals surface area contributed by atoms with Gasteiger partial charge in [-0.25, -0.2) is 0 Å². The summed E-state index contributed by atoms with van der Waals surface area (Å²) < 4.78 is 0.